The second-order valence-corrected chi connectivity index (χ2v) is 9.97. The summed E-state index contributed by atoms with van der Waals surface area (Å²) in [5.41, 5.74) is 2.26. The summed E-state index contributed by atoms with van der Waals surface area (Å²) in [4.78, 5) is 37.8. The van der Waals surface area contributed by atoms with Crippen LogP contribution < -0.4 is 41.1 Å². The minimum atomic E-state index is -0.619. The molecule has 0 fully saturated rings. The number of ether oxygens (including phenoxy) is 3. The minimum absolute atomic E-state index is 0.0123. The molecule has 0 saturated heterocycles. The third-order valence-electron chi connectivity index (χ3n) is 6.30. The number of hydrogen-bond acceptors (Lipinski definition) is 10. The van der Waals surface area contributed by atoms with Crippen LogP contribution in [0.4, 0.5) is 22.4 Å². The maximum Gasteiger partial charge on any atom is 0.339 e. The van der Waals surface area contributed by atoms with E-state index in [1.54, 1.807) is 44.6 Å². The molecule has 0 saturated carbocycles. The quantitative estimate of drug-likeness (QED) is 0.117. The standard InChI is InChI=1S/C31H29N7O6S/c1-18-7-6-8-20(15-18)33-29(40)35-27-34-28(38-31(45)32-14-13-19-11-12-23(41-2)25(16-19)42-3)37-30(36-27)44-24-17-26(39)43-22-10-5-4-9-21(22)24/h4-12,15-17H,13-14H2,1-3H3,(H4,32,33,34,35,36,37,38,40,45). The van der Waals surface area contributed by atoms with Crippen LogP contribution in [0, 0.1) is 6.92 Å². The smallest absolute Gasteiger partial charge is 0.339 e. The van der Waals surface area contributed by atoms with Crippen molar-refractivity contribution in [2.24, 2.45) is 0 Å². The summed E-state index contributed by atoms with van der Waals surface area (Å²) in [6.07, 6.45) is 0.628. The summed E-state index contributed by atoms with van der Waals surface area (Å²) in [6, 6.07) is 20.2. The number of aryl methyl sites for hydroxylation is 1. The highest BCUT2D eigenvalue weighted by atomic mass is 32.1. The molecule has 0 aliphatic rings. The van der Waals surface area contributed by atoms with Crippen LogP contribution in [0.3, 0.4) is 0 Å². The van der Waals surface area contributed by atoms with Crippen LogP contribution >= 0.6 is 12.2 Å². The molecule has 0 radical (unpaired) electrons. The zero-order valence-corrected chi connectivity index (χ0v) is 25.4. The lowest BCUT2D eigenvalue weighted by molar-refractivity contribution is 0.262. The molecular weight excluding hydrogens is 598 g/mol. The van der Waals surface area contributed by atoms with Gasteiger partial charge in [-0.1, -0.05) is 30.3 Å². The number of nitrogens with one attached hydrogen (secondary N) is 4. The van der Waals surface area contributed by atoms with E-state index >= 15 is 0 Å². The first kappa shape index (κ1) is 30.7. The molecular formula is C31H29N7O6S. The summed E-state index contributed by atoms with van der Waals surface area (Å²) in [5.74, 6) is 1.28. The third-order valence-corrected chi connectivity index (χ3v) is 6.55. The number of benzene rings is 3. The molecule has 0 spiro atoms. The van der Waals surface area contributed by atoms with Crippen molar-refractivity contribution >= 4 is 51.9 Å². The first-order valence-electron chi connectivity index (χ1n) is 13.7. The number of hydrogen-bond donors (Lipinski definition) is 4. The Bertz CT molecular complexity index is 1920. The average molecular weight is 628 g/mol. The lowest BCUT2D eigenvalue weighted by atomic mass is 10.1. The van der Waals surface area contributed by atoms with E-state index in [9.17, 15) is 9.59 Å². The van der Waals surface area contributed by atoms with Crippen LogP contribution in [-0.4, -0.2) is 46.9 Å². The fourth-order valence-electron chi connectivity index (χ4n) is 4.27. The van der Waals surface area contributed by atoms with E-state index in [0.717, 1.165) is 11.1 Å². The van der Waals surface area contributed by atoms with E-state index in [1.807, 2.05) is 43.3 Å². The van der Waals surface area contributed by atoms with Gasteiger partial charge in [0.05, 0.1) is 25.7 Å². The number of para-hydroxylation sites is 1. The van der Waals surface area contributed by atoms with Crippen molar-refractivity contribution in [2.75, 3.05) is 36.7 Å². The molecule has 13 nitrogen and oxygen atoms in total. The second-order valence-electron chi connectivity index (χ2n) is 9.56. The molecule has 14 heteroatoms. The van der Waals surface area contributed by atoms with Gasteiger partial charge >= 0.3 is 17.7 Å². The van der Waals surface area contributed by atoms with Gasteiger partial charge < -0.3 is 34.6 Å². The lowest BCUT2D eigenvalue weighted by Crippen LogP contribution is -2.31. The van der Waals surface area contributed by atoms with Crippen LogP contribution in [0.15, 0.2) is 82.0 Å². The molecule has 0 aliphatic heterocycles. The van der Waals surface area contributed by atoms with Gasteiger partial charge in [-0.3, -0.25) is 5.32 Å². The number of rotatable bonds is 10. The zero-order valence-electron chi connectivity index (χ0n) is 24.5. The van der Waals surface area contributed by atoms with E-state index in [1.165, 1.54) is 6.07 Å². The van der Waals surface area contributed by atoms with E-state index in [-0.39, 0.29) is 28.8 Å². The number of aromatic nitrogens is 3. The van der Waals surface area contributed by atoms with Crippen LogP contribution in [0.1, 0.15) is 11.1 Å². The van der Waals surface area contributed by atoms with E-state index in [2.05, 4.69) is 36.2 Å². The summed E-state index contributed by atoms with van der Waals surface area (Å²) in [7, 11) is 3.16. The van der Waals surface area contributed by atoms with Gasteiger partial charge in [0.1, 0.15) is 11.3 Å². The van der Waals surface area contributed by atoms with Gasteiger partial charge in [0.25, 0.3) is 0 Å². The summed E-state index contributed by atoms with van der Waals surface area (Å²) >= 11 is 5.46. The normalized spacial score (nSPS) is 10.6. The number of methoxy groups -OCH3 is 2. The van der Waals surface area contributed by atoms with Crippen LogP contribution in [0.25, 0.3) is 11.0 Å². The molecule has 5 aromatic rings. The van der Waals surface area contributed by atoms with Gasteiger partial charge in [0.15, 0.2) is 16.6 Å². The highest BCUT2D eigenvalue weighted by Crippen LogP contribution is 2.28. The van der Waals surface area contributed by atoms with Gasteiger partial charge in [0, 0.05) is 12.2 Å². The molecule has 2 amide bonds. The van der Waals surface area contributed by atoms with Gasteiger partial charge in [-0.25, -0.2) is 9.59 Å². The van der Waals surface area contributed by atoms with Crippen molar-refractivity contribution in [3.63, 3.8) is 0 Å². The molecule has 5 rings (SSSR count). The molecule has 0 bridgehead atoms. The Morgan fingerprint density at radius 3 is 2.40 bits per heavy atom. The number of urea groups is 1. The van der Waals surface area contributed by atoms with E-state index in [0.29, 0.717) is 41.1 Å². The largest absolute Gasteiger partial charge is 0.493 e. The number of carbonyl (C=O) groups excluding carboxylic acids is 1. The number of fused-ring (bicyclic) bond motifs is 1. The summed E-state index contributed by atoms with van der Waals surface area (Å²) in [6.45, 7) is 2.39. The third kappa shape index (κ3) is 8.20. The summed E-state index contributed by atoms with van der Waals surface area (Å²) in [5, 5.41) is 12.0. The Labute approximate surface area is 263 Å². The molecule has 0 aliphatic carbocycles. The maximum absolute atomic E-state index is 12.8. The predicted octanol–water partition coefficient (Wildman–Crippen LogP) is 5.27. The molecule has 0 atom stereocenters. The number of carbonyl (C=O) groups is 1. The highest BCUT2D eigenvalue weighted by Gasteiger charge is 2.15. The molecule has 45 heavy (non-hydrogen) atoms. The van der Waals surface area contributed by atoms with Gasteiger partial charge in [-0.2, -0.15) is 15.0 Å². The number of thiocarbonyl (C=S) groups is 1. The van der Waals surface area contributed by atoms with Gasteiger partial charge in [-0.15, -0.1) is 0 Å². The summed E-state index contributed by atoms with van der Waals surface area (Å²) < 4.78 is 21.8. The fourth-order valence-corrected chi connectivity index (χ4v) is 4.46. The Morgan fingerprint density at radius 1 is 0.844 bits per heavy atom. The van der Waals surface area contributed by atoms with Crippen LogP contribution in [0.5, 0.6) is 23.3 Å². The molecule has 4 N–H and O–H groups in total. The topological polar surface area (TPSA) is 162 Å². The van der Waals surface area contributed by atoms with Crippen molar-refractivity contribution in [3.05, 3.63) is 94.3 Å². The first-order valence-corrected chi connectivity index (χ1v) is 14.1. The van der Waals surface area contributed by atoms with Crippen LogP contribution in [-0.2, 0) is 6.42 Å². The Morgan fingerprint density at radius 2 is 1.62 bits per heavy atom. The highest BCUT2D eigenvalue weighted by molar-refractivity contribution is 7.80. The maximum atomic E-state index is 12.8. The molecule has 2 aromatic heterocycles. The van der Waals surface area contributed by atoms with Gasteiger partial charge in [0.2, 0.25) is 11.9 Å². The molecule has 2 heterocycles. The Balaban J connectivity index is 1.33. The van der Waals surface area contributed by atoms with Crippen molar-refractivity contribution in [1.82, 2.24) is 20.3 Å². The average Bonchev–Trinajstić information content (AvgIpc) is 3.00. The van der Waals surface area contributed by atoms with Crippen molar-refractivity contribution in [2.45, 2.75) is 13.3 Å². The number of anilines is 3. The van der Waals surface area contributed by atoms with Crippen LogP contribution in [0.2, 0.25) is 0 Å². The molecule has 3 aromatic carbocycles. The Kier molecular flexibility index (Phi) is 9.64. The monoisotopic (exact) mass is 627 g/mol. The van der Waals surface area contributed by atoms with E-state index in [4.69, 9.17) is 30.8 Å². The fraction of sp³-hybridized carbons (Fsp3) is 0.161. The molecule has 230 valence electrons. The minimum Gasteiger partial charge on any atom is -0.493 e. The van der Waals surface area contributed by atoms with Gasteiger partial charge in [-0.05, 0) is 73.1 Å². The second kappa shape index (κ2) is 14.1. The number of amides is 2. The lowest BCUT2D eigenvalue weighted by Gasteiger charge is -2.13. The first-order chi connectivity index (χ1) is 21.8. The van der Waals surface area contributed by atoms with E-state index < -0.39 is 11.7 Å². The molecule has 0 unspecified atom stereocenters. The predicted molar refractivity (Wildman–Crippen MR) is 174 cm³/mol. The SMILES string of the molecule is COc1ccc(CCNC(=S)Nc2nc(NC(=O)Nc3cccc(C)c3)nc(Oc3cc(=O)oc4ccccc34)n2)cc1OC. The van der Waals surface area contributed by atoms with Crippen molar-refractivity contribution in [1.29, 1.82) is 0 Å². The Hall–Kier alpha value is -5.76. The number of nitrogens with zero attached hydrogens (tertiary/aromatic N) is 3. The van der Waals surface area contributed by atoms with Crippen molar-refractivity contribution < 1.29 is 23.4 Å². The van der Waals surface area contributed by atoms with Crippen molar-refractivity contribution in [3.8, 4) is 23.3 Å². The zero-order chi connectivity index (χ0) is 31.8.